The van der Waals surface area contributed by atoms with Gasteiger partial charge >= 0.3 is 807 Å². The van der Waals surface area contributed by atoms with Crippen molar-refractivity contribution in [3.05, 3.63) is 0 Å². The summed E-state index contributed by atoms with van der Waals surface area (Å²) in [4.78, 5) is 0. The topological polar surface area (TPSA) is 0 Å². The molecule has 0 spiro atoms. The van der Waals surface area contributed by atoms with Gasteiger partial charge in [0.1, 0.15) is 0 Å². The maximum absolute atomic E-state index is 0. The summed E-state index contributed by atoms with van der Waals surface area (Å²) >= 11 is 0. The van der Waals surface area contributed by atoms with E-state index >= 15 is 0 Å². The average molecular weight is 1100 g/mol. The Balaban J connectivity index is 0. The average Bonchev–Trinajstić information content (AvgIpc) is 0. The van der Waals surface area contributed by atoms with Crippen LogP contribution in [0.2, 0.25) is 0 Å². The van der Waals surface area contributed by atoms with Crippen LogP contribution in [0, 0.1) is 0 Å². The van der Waals surface area contributed by atoms with Crippen LogP contribution in [0.15, 0.2) is 0 Å². The maximum atomic E-state index is 0. The van der Waals surface area contributed by atoms with Crippen molar-refractivity contribution in [2.75, 3.05) is 0 Å². The molecule has 0 rings (SSSR count). The van der Waals surface area contributed by atoms with Gasteiger partial charge in [-0.05, 0) is 0 Å². The summed E-state index contributed by atoms with van der Waals surface area (Å²) in [6.07, 6.45) is 0. The van der Waals surface area contributed by atoms with Gasteiger partial charge in [0.2, 0.25) is 0 Å². The molecule has 0 unspecified atom stereocenters. The van der Waals surface area contributed by atoms with Crippen molar-refractivity contribution in [1.29, 1.82) is 0 Å². The van der Waals surface area contributed by atoms with Crippen LogP contribution in [0.25, 0.3) is 0 Å². The van der Waals surface area contributed by atoms with E-state index in [1.165, 1.54) is 0 Å². The monoisotopic (exact) mass is 1090 g/mol. The first kappa shape index (κ1) is 387. The summed E-state index contributed by atoms with van der Waals surface area (Å²) < 4.78 is 0. The zero-order valence-electron chi connectivity index (χ0n) is 96.8. The molecule has 40 heavy (non-hydrogen) atoms. The Bertz CT molecular complexity index is 126. The van der Waals surface area contributed by atoms with Gasteiger partial charge in [0.05, 0.1) is 0 Å². The van der Waals surface area contributed by atoms with Crippen LogP contribution >= 0.6 is 62.0 Å². The van der Waals surface area contributed by atoms with Crippen LogP contribution in [0.5, 0.6) is 0 Å². The van der Waals surface area contributed by atoms with Crippen LogP contribution in [-0.2, 0) is 0 Å². The molecule has 40 heteroatoms. The first-order valence-electron chi connectivity index (χ1n) is 0. The molecule has 0 atom stereocenters. The number of rotatable bonds is 0. The fourth-order valence-corrected chi connectivity index (χ4v) is 0. The van der Waals surface area contributed by atoms with Gasteiger partial charge in [-0.15, -0.1) is 62.0 Å². The Kier molecular flexibility index (Phi) is 3570. The molecule has 0 aliphatic heterocycles. The van der Waals surface area contributed by atoms with Crippen molar-refractivity contribution < 1.29 is 99.9 Å². The molecule has 0 fully saturated rings. The molecule has 0 amide bonds. The molecule has 0 aromatic rings. The number of hydrogen-bond donors (Lipinski definition) is 0. The van der Waals surface area contributed by atoms with Gasteiger partial charge in [-0.2, -0.15) is 0 Å². The molecule has 0 heterocycles. The normalized spacial score (nSPS) is 0. The Labute approximate surface area is 946 Å². The standard InChI is InChI=1S/5ClH.35Mg.70H/h5*1H;;;;;;;;;;;;;;;;;;;;;;;;;;;;;;;;;;;;;;;;;;;;;;;;;;;;;;;;;;;;;;;;;;;;;;;;;;;;;;;;;;;;;;;;;;;;;;;;;;;;;;;;;/q;;;;;35*+2;70*-1. The molecule has 0 aliphatic carbocycles. The fourth-order valence-electron chi connectivity index (χ4n) is 0. The molecule has 0 aliphatic rings. The van der Waals surface area contributed by atoms with Gasteiger partial charge in [-0.1, -0.05) is 0 Å². The summed E-state index contributed by atoms with van der Waals surface area (Å²) in [7, 11) is 0. The summed E-state index contributed by atoms with van der Waals surface area (Å²) in [5.41, 5.74) is 0. The Hall–Kier alpha value is 28.3. The van der Waals surface area contributed by atoms with Gasteiger partial charge in [-0.3, -0.25) is 0 Å². The quantitative estimate of drug-likeness (QED) is 0.223. The van der Waals surface area contributed by atoms with Gasteiger partial charge in [0.25, 0.3) is 0 Å². The van der Waals surface area contributed by atoms with Crippen LogP contribution in [0.4, 0.5) is 0 Å². The SMILES string of the molecule is Cl.Cl.Cl.Cl.Cl.[H-].[H-].[H-].[H-].[H-].[H-].[H-].[H-].[H-].[H-].[H-].[H-].[H-].[H-].[H-].[H-].[H-].[H-].[H-].[H-].[H-].[H-].[H-].[H-].[H-].[H-].[H-].[H-].[H-].[H-].[H-].[H-].[H-].[H-].[H-].[H-].[H-].[H-].[H-].[H-].[H-].[H-].[H-].[H-].[H-].[H-].[H-].[H-].[H-].[H-].[H-].[H-].[H-].[H-].[H-].[H-].[H-].[H-].[H-].[H-].[H-].[H-].[H-].[H-].[H-].[H-].[H-].[H-].[H-].[H-].[Mg+2].[Mg+2].[Mg+2].[Mg+2].[Mg+2].[Mg+2].[Mg+2].[Mg+2].[Mg+2].[Mg+2].[Mg+2].[Mg+2].[Mg+2].[Mg+2].[Mg+2].[Mg+2].[Mg+2].[Mg+2].[Mg+2].[Mg+2].[Mg+2].[Mg+2].[Mg+2].[Mg+2].[Mg+2].[Mg+2].[Mg+2].[Mg+2].[Mg+2].[Mg+2].[Mg+2].[Mg+2].[Mg+2].[Mg+2].[Mg+2]. The van der Waals surface area contributed by atoms with Crippen LogP contribution < -0.4 is 0 Å². The Morgan fingerprint density at radius 2 is 0.0750 bits per heavy atom. The molecule has 0 saturated heterocycles. The molecule has 180 valence electrons. The fraction of sp³-hybridized carbons (Fsp3) is 0. The molecular formula is H75Cl5Mg35. The summed E-state index contributed by atoms with van der Waals surface area (Å²) in [6, 6.07) is 0. The van der Waals surface area contributed by atoms with Crippen molar-refractivity contribution >= 4 is 869 Å². The molecule has 0 N–H and O–H groups in total. The van der Waals surface area contributed by atoms with Gasteiger partial charge in [0, 0.05) is 0 Å². The second kappa shape index (κ2) is 370. The summed E-state index contributed by atoms with van der Waals surface area (Å²) in [6.45, 7) is 0. The zero-order chi connectivity index (χ0) is 0. The second-order valence-electron chi connectivity index (χ2n) is 0. The molecular weight excluding hydrogens is 1030 g/mol. The van der Waals surface area contributed by atoms with Gasteiger partial charge < -0.3 is 99.9 Å². The predicted molar refractivity (Wildman–Crippen MR) is 315 cm³/mol. The summed E-state index contributed by atoms with van der Waals surface area (Å²) in [5, 5.41) is 0. The van der Waals surface area contributed by atoms with Crippen molar-refractivity contribution in [3.63, 3.8) is 0 Å². The third kappa shape index (κ3) is 353. The predicted octanol–water partition coefficient (Wildman–Crippen LogP) is -3.34. The van der Waals surface area contributed by atoms with Crippen molar-refractivity contribution in [2.45, 2.75) is 0 Å². The minimum atomic E-state index is 0. The van der Waals surface area contributed by atoms with E-state index in [1.807, 2.05) is 0 Å². The van der Waals surface area contributed by atoms with Crippen molar-refractivity contribution in [1.82, 2.24) is 0 Å². The Morgan fingerprint density at radius 1 is 0.0750 bits per heavy atom. The van der Waals surface area contributed by atoms with E-state index < -0.39 is 0 Å². The zero-order valence-corrected chi connectivity index (χ0v) is 80.4. The van der Waals surface area contributed by atoms with Crippen LogP contribution in [0.1, 0.15) is 99.9 Å². The van der Waals surface area contributed by atoms with E-state index in [4.69, 9.17) is 0 Å². The second-order valence-corrected chi connectivity index (χ2v) is 0. The van der Waals surface area contributed by atoms with Crippen molar-refractivity contribution in [3.8, 4) is 0 Å². The van der Waals surface area contributed by atoms with Gasteiger partial charge in [0.15, 0.2) is 0 Å². The van der Waals surface area contributed by atoms with E-state index in [1.54, 1.807) is 0 Å². The third-order valence-corrected chi connectivity index (χ3v) is 0. The Morgan fingerprint density at radius 3 is 0.0750 bits per heavy atom. The first-order valence-corrected chi connectivity index (χ1v) is 0. The van der Waals surface area contributed by atoms with E-state index in [2.05, 4.69) is 0 Å². The smallest absolute Gasteiger partial charge is 1.00 e. The van der Waals surface area contributed by atoms with E-state index in [9.17, 15) is 0 Å². The molecule has 0 radical (unpaired) electrons. The van der Waals surface area contributed by atoms with Crippen LogP contribution in [0.3, 0.4) is 0 Å². The van der Waals surface area contributed by atoms with E-state index in [-0.39, 0.29) is 969 Å². The van der Waals surface area contributed by atoms with E-state index in [0.29, 0.717) is 0 Å². The van der Waals surface area contributed by atoms with Crippen LogP contribution in [-0.4, -0.2) is 807 Å². The first-order chi connectivity index (χ1) is 0. The minimum absolute atomic E-state index is 0. The largest absolute Gasteiger partial charge is 2.00 e. The maximum Gasteiger partial charge on any atom is 2.00 e. The van der Waals surface area contributed by atoms with E-state index in [0.717, 1.165) is 0 Å². The third-order valence-electron chi connectivity index (χ3n) is 0. The van der Waals surface area contributed by atoms with Crippen molar-refractivity contribution in [2.24, 2.45) is 0 Å². The molecule has 0 nitrogen and oxygen atoms in total. The number of halogens is 5. The molecule has 0 aromatic carbocycles. The number of hydrogen-bond acceptors (Lipinski definition) is 0. The summed E-state index contributed by atoms with van der Waals surface area (Å²) in [5.74, 6) is 0. The minimum Gasteiger partial charge on any atom is -1.00 e. The molecule has 0 bridgehead atoms. The van der Waals surface area contributed by atoms with Gasteiger partial charge in [-0.25, -0.2) is 0 Å². The molecule has 0 aromatic heterocycles. The molecule has 0 saturated carbocycles.